The van der Waals surface area contributed by atoms with Gasteiger partial charge in [-0.3, -0.25) is 4.79 Å². The number of carbonyl (C=O) groups excluding carboxylic acids is 1. The lowest BCUT2D eigenvalue weighted by Gasteiger charge is -2.09. The van der Waals surface area contributed by atoms with E-state index >= 15 is 0 Å². The van der Waals surface area contributed by atoms with Crippen LogP contribution in [0.5, 0.6) is 0 Å². The first-order valence-corrected chi connectivity index (χ1v) is 9.19. The van der Waals surface area contributed by atoms with Gasteiger partial charge in [-0.25, -0.2) is 4.79 Å². The van der Waals surface area contributed by atoms with Crippen molar-refractivity contribution in [1.82, 2.24) is 0 Å². The van der Waals surface area contributed by atoms with Gasteiger partial charge in [-0.15, -0.1) is 0 Å². The Bertz CT molecular complexity index is 860. The fourth-order valence-electron chi connectivity index (χ4n) is 2.13. The molecule has 1 amide bonds. The van der Waals surface area contributed by atoms with Crippen LogP contribution in [-0.2, 0) is 9.53 Å². The molecule has 0 spiro atoms. The van der Waals surface area contributed by atoms with Crippen LogP contribution in [0.1, 0.15) is 47.1 Å². The summed E-state index contributed by atoms with van der Waals surface area (Å²) in [6.07, 6.45) is 3.47. The van der Waals surface area contributed by atoms with E-state index in [9.17, 15) is 9.59 Å². The van der Waals surface area contributed by atoms with E-state index in [-0.39, 0.29) is 11.5 Å². The monoisotopic (exact) mass is 373 g/mol. The number of nitrogens with one attached hydrogen (secondary N) is 1. The van der Waals surface area contributed by atoms with Crippen molar-refractivity contribution in [2.24, 2.45) is 0 Å². The number of anilines is 1. The molecule has 0 saturated carbocycles. The highest BCUT2D eigenvalue weighted by atomic mass is 16.5. The van der Waals surface area contributed by atoms with Crippen LogP contribution in [0.25, 0.3) is 11.0 Å². The number of benzene rings is 1. The zero-order chi connectivity index (χ0) is 21.0. The number of hydrogen-bond donors (Lipinski definition) is 1. The summed E-state index contributed by atoms with van der Waals surface area (Å²) < 4.78 is 10.3. The molecule has 1 N–H and O–H groups in total. The van der Waals surface area contributed by atoms with Crippen molar-refractivity contribution < 1.29 is 13.9 Å². The number of rotatable bonds is 4. The average molecular weight is 373 g/mol. The predicted molar refractivity (Wildman–Crippen MR) is 113 cm³/mol. The fourth-order valence-corrected chi connectivity index (χ4v) is 2.13. The third-order valence-electron chi connectivity index (χ3n) is 3.43. The highest BCUT2D eigenvalue weighted by Gasteiger charge is 2.12. The maximum absolute atomic E-state index is 12.4. The highest BCUT2D eigenvalue weighted by Crippen LogP contribution is 2.20. The molecule has 1 aromatic heterocycles. The standard InChI is InChI=1S/C18H19NO4.2C2H6/c1-5-6-15(12(3)22-4)17(20)19-14-7-8-16-13(10-14)9-11(2)18(21)23-16;2*1-2/h5-10H,1-4H3,(H,19,20);2*1-2H3/b6-5-,15-12-;;. The first-order valence-electron chi connectivity index (χ1n) is 9.19. The molecule has 2 aromatic rings. The van der Waals surface area contributed by atoms with Gasteiger partial charge < -0.3 is 14.5 Å². The SMILES string of the molecule is C/C=C\C(C(=O)Nc1ccc2oc(=O)c(C)cc2c1)=C(/C)OC.CC.CC. The molecule has 5 nitrogen and oxygen atoms in total. The van der Waals surface area contributed by atoms with E-state index in [4.69, 9.17) is 9.15 Å². The lowest BCUT2D eigenvalue weighted by atomic mass is 10.1. The molecule has 27 heavy (non-hydrogen) atoms. The van der Waals surface area contributed by atoms with Gasteiger partial charge in [0.25, 0.3) is 5.91 Å². The third kappa shape index (κ3) is 6.77. The number of carbonyl (C=O) groups is 1. The number of methoxy groups -OCH3 is 1. The highest BCUT2D eigenvalue weighted by molar-refractivity contribution is 6.06. The largest absolute Gasteiger partial charge is 0.501 e. The summed E-state index contributed by atoms with van der Waals surface area (Å²) in [6, 6.07) is 6.85. The Morgan fingerprint density at radius 1 is 1.15 bits per heavy atom. The molecule has 1 heterocycles. The van der Waals surface area contributed by atoms with Gasteiger partial charge in [-0.05, 0) is 45.0 Å². The number of fused-ring (bicyclic) bond motifs is 1. The number of ether oxygens (including phenoxy) is 1. The van der Waals surface area contributed by atoms with Gasteiger partial charge >= 0.3 is 5.63 Å². The molecule has 0 aliphatic carbocycles. The Kier molecular flexibility index (Phi) is 11.2. The van der Waals surface area contributed by atoms with Crippen molar-refractivity contribution in [2.75, 3.05) is 12.4 Å². The second-order valence-corrected chi connectivity index (χ2v) is 5.10. The molecule has 2 rings (SSSR count). The molecule has 0 aliphatic rings. The van der Waals surface area contributed by atoms with Gasteiger partial charge in [-0.2, -0.15) is 0 Å². The number of amides is 1. The van der Waals surface area contributed by atoms with Gasteiger partial charge in [0.1, 0.15) is 11.3 Å². The molecule has 0 aliphatic heterocycles. The zero-order valence-electron chi connectivity index (χ0n) is 17.6. The van der Waals surface area contributed by atoms with Crippen LogP contribution < -0.4 is 10.9 Å². The second kappa shape index (κ2) is 12.5. The van der Waals surface area contributed by atoms with Crippen molar-refractivity contribution >= 4 is 22.6 Å². The number of aryl methyl sites for hydroxylation is 1. The Balaban J connectivity index is 0.00000158. The van der Waals surface area contributed by atoms with Crippen molar-refractivity contribution in [3.8, 4) is 0 Å². The molecule has 0 radical (unpaired) electrons. The van der Waals surface area contributed by atoms with Gasteiger partial charge in [0.2, 0.25) is 0 Å². The van der Waals surface area contributed by atoms with Crippen molar-refractivity contribution in [3.63, 3.8) is 0 Å². The minimum atomic E-state index is -0.358. The molecule has 0 unspecified atom stereocenters. The first-order chi connectivity index (χ1) is 13.0. The molecule has 1 aromatic carbocycles. The zero-order valence-corrected chi connectivity index (χ0v) is 17.6. The summed E-state index contributed by atoms with van der Waals surface area (Å²) in [7, 11) is 1.52. The number of allylic oxidation sites excluding steroid dienone is 2. The van der Waals surface area contributed by atoms with Gasteiger partial charge in [-0.1, -0.05) is 39.8 Å². The van der Waals surface area contributed by atoms with Crippen molar-refractivity contribution in [2.45, 2.75) is 48.5 Å². The van der Waals surface area contributed by atoms with Crippen LogP contribution in [0.15, 0.2) is 57.0 Å². The van der Waals surface area contributed by atoms with E-state index < -0.39 is 0 Å². The minimum absolute atomic E-state index is 0.268. The van der Waals surface area contributed by atoms with E-state index in [1.807, 2.05) is 34.6 Å². The van der Waals surface area contributed by atoms with E-state index in [1.165, 1.54) is 7.11 Å². The molecule has 0 bridgehead atoms. The van der Waals surface area contributed by atoms with Crippen LogP contribution in [0.2, 0.25) is 0 Å². The first kappa shape index (κ1) is 24.2. The summed E-state index contributed by atoms with van der Waals surface area (Å²) in [6.45, 7) is 13.2. The van der Waals surface area contributed by atoms with Crippen molar-refractivity contribution in [1.29, 1.82) is 0 Å². The summed E-state index contributed by atoms with van der Waals surface area (Å²) in [5.74, 6) is 0.263. The van der Waals surface area contributed by atoms with Crippen LogP contribution in [-0.4, -0.2) is 13.0 Å². The molecule has 5 heteroatoms. The lowest BCUT2D eigenvalue weighted by Crippen LogP contribution is -2.15. The van der Waals surface area contributed by atoms with Crippen LogP contribution >= 0.6 is 0 Å². The summed E-state index contributed by atoms with van der Waals surface area (Å²) in [5.41, 5.74) is 1.71. The maximum atomic E-state index is 12.4. The molecule has 0 saturated heterocycles. The van der Waals surface area contributed by atoms with E-state index in [1.54, 1.807) is 50.3 Å². The lowest BCUT2D eigenvalue weighted by molar-refractivity contribution is -0.112. The van der Waals surface area contributed by atoms with Gasteiger partial charge in [0.15, 0.2) is 0 Å². The summed E-state index contributed by atoms with van der Waals surface area (Å²) >= 11 is 0. The smallest absolute Gasteiger partial charge is 0.339 e. The van der Waals surface area contributed by atoms with Gasteiger partial charge in [0, 0.05) is 16.6 Å². The number of hydrogen-bond acceptors (Lipinski definition) is 4. The van der Waals surface area contributed by atoms with E-state index in [0.29, 0.717) is 28.2 Å². The third-order valence-corrected chi connectivity index (χ3v) is 3.43. The molecule has 148 valence electrons. The van der Waals surface area contributed by atoms with Gasteiger partial charge in [0.05, 0.1) is 12.7 Å². The summed E-state index contributed by atoms with van der Waals surface area (Å²) in [4.78, 5) is 23.9. The van der Waals surface area contributed by atoms with Crippen LogP contribution in [0.4, 0.5) is 5.69 Å². The van der Waals surface area contributed by atoms with E-state index in [2.05, 4.69) is 5.32 Å². The van der Waals surface area contributed by atoms with Crippen LogP contribution in [0, 0.1) is 6.92 Å². The quantitative estimate of drug-likeness (QED) is 0.328. The second-order valence-electron chi connectivity index (χ2n) is 5.10. The Morgan fingerprint density at radius 2 is 1.78 bits per heavy atom. The Morgan fingerprint density at radius 3 is 2.33 bits per heavy atom. The molecular formula is C22H31NO4. The Labute approximate surface area is 161 Å². The average Bonchev–Trinajstić information content (AvgIpc) is 2.69. The Hall–Kier alpha value is -2.82. The fraction of sp³-hybridized carbons (Fsp3) is 0.364. The van der Waals surface area contributed by atoms with Crippen molar-refractivity contribution in [3.05, 3.63) is 63.7 Å². The maximum Gasteiger partial charge on any atom is 0.339 e. The normalized spacial score (nSPS) is 11.0. The molecule has 0 atom stereocenters. The molecule has 0 fully saturated rings. The van der Waals surface area contributed by atoms with E-state index in [0.717, 1.165) is 5.39 Å². The predicted octanol–water partition coefficient (Wildman–Crippen LogP) is 5.59. The molecular weight excluding hydrogens is 342 g/mol. The minimum Gasteiger partial charge on any atom is -0.501 e. The topological polar surface area (TPSA) is 68.5 Å². The summed E-state index contributed by atoms with van der Waals surface area (Å²) in [5, 5.41) is 3.57. The van der Waals surface area contributed by atoms with Crippen LogP contribution in [0.3, 0.4) is 0 Å².